The first-order valence-electron chi connectivity index (χ1n) is 7.49. The molecule has 3 rings (SSSR count). The highest BCUT2D eigenvalue weighted by Crippen LogP contribution is 2.12. The normalized spacial score (nSPS) is 10.4. The molecule has 0 spiro atoms. The third-order valence-corrected chi connectivity index (χ3v) is 3.66. The van der Waals surface area contributed by atoms with Gasteiger partial charge in [-0.05, 0) is 41.5 Å². The average molecular weight is 343 g/mol. The molecular weight excluding hydrogens is 327 g/mol. The monoisotopic (exact) mass is 342 g/mol. The van der Waals surface area contributed by atoms with Crippen molar-refractivity contribution in [2.75, 3.05) is 10.6 Å². The van der Waals surface area contributed by atoms with Crippen molar-refractivity contribution >= 4 is 23.4 Å². The molecule has 24 heavy (non-hydrogen) atoms. The van der Waals surface area contributed by atoms with Crippen LogP contribution < -0.4 is 10.6 Å². The fourth-order valence-electron chi connectivity index (χ4n) is 2.12. The number of hydrogen-bond donors (Lipinski definition) is 2. The van der Waals surface area contributed by atoms with Crippen LogP contribution in [0.2, 0.25) is 5.02 Å². The summed E-state index contributed by atoms with van der Waals surface area (Å²) in [6.07, 6.45) is 1.68. The van der Waals surface area contributed by atoms with Crippen molar-refractivity contribution in [1.82, 2.24) is 9.97 Å². The van der Waals surface area contributed by atoms with Crippen molar-refractivity contribution in [3.05, 3.63) is 82.8 Å². The van der Waals surface area contributed by atoms with Crippen molar-refractivity contribution in [1.29, 1.82) is 0 Å². The van der Waals surface area contributed by atoms with Gasteiger partial charge in [0.05, 0.1) is 0 Å². The lowest BCUT2D eigenvalue weighted by Crippen LogP contribution is -2.06. The van der Waals surface area contributed by atoms with E-state index < -0.39 is 0 Å². The molecular formula is C18H16ClFN4. The van der Waals surface area contributed by atoms with Gasteiger partial charge in [-0.25, -0.2) is 9.37 Å². The fourth-order valence-corrected chi connectivity index (χ4v) is 2.25. The van der Waals surface area contributed by atoms with E-state index in [-0.39, 0.29) is 5.82 Å². The molecule has 0 atom stereocenters. The third-order valence-electron chi connectivity index (χ3n) is 3.41. The quantitative estimate of drug-likeness (QED) is 0.692. The van der Waals surface area contributed by atoms with E-state index in [9.17, 15) is 4.39 Å². The number of nitrogens with zero attached hydrogens (tertiary/aromatic N) is 2. The summed E-state index contributed by atoms with van der Waals surface area (Å²) in [7, 11) is 0. The van der Waals surface area contributed by atoms with Crippen molar-refractivity contribution < 1.29 is 4.39 Å². The highest BCUT2D eigenvalue weighted by Gasteiger charge is 2.01. The first kappa shape index (κ1) is 16.2. The summed E-state index contributed by atoms with van der Waals surface area (Å²) in [5, 5.41) is 7.08. The van der Waals surface area contributed by atoms with Crippen molar-refractivity contribution in [2.24, 2.45) is 0 Å². The lowest BCUT2D eigenvalue weighted by atomic mass is 10.2. The lowest BCUT2D eigenvalue weighted by molar-refractivity contribution is 0.627. The second kappa shape index (κ2) is 7.75. The molecule has 0 saturated carbocycles. The van der Waals surface area contributed by atoms with E-state index in [1.807, 2.05) is 24.3 Å². The summed E-state index contributed by atoms with van der Waals surface area (Å²) in [5.74, 6) is 0.991. The van der Waals surface area contributed by atoms with Gasteiger partial charge in [0.25, 0.3) is 0 Å². The number of rotatable bonds is 6. The number of anilines is 2. The molecule has 0 radical (unpaired) electrons. The topological polar surface area (TPSA) is 49.8 Å². The molecule has 2 aromatic carbocycles. The minimum Gasteiger partial charge on any atom is -0.366 e. The molecule has 0 amide bonds. The number of aromatic nitrogens is 2. The maximum absolute atomic E-state index is 12.9. The fraction of sp³-hybridized carbons (Fsp3) is 0.111. The summed E-state index contributed by atoms with van der Waals surface area (Å²) in [6, 6.07) is 15.8. The Labute approximate surface area is 144 Å². The first-order chi connectivity index (χ1) is 11.7. The van der Waals surface area contributed by atoms with Gasteiger partial charge in [0.1, 0.15) is 11.6 Å². The number of hydrogen-bond acceptors (Lipinski definition) is 4. The van der Waals surface area contributed by atoms with E-state index in [2.05, 4.69) is 20.6 Å². The Hall–Kier alpha value is -2.66. The van der Waals surface area contributed by atoms with Crippen molar-refractivity contribution in [3.63, 3.8) is 0 Å². The summed E-state index contributed by atoms with van der Waals surface area (Å²) in [6.45, 7) is 1.17. The Morgan fingerprint density at radius 3 is 2.17 bits per heavy atom. The molecule has 0 bridgehead atoms. The average Bonchev–Trinajstić information content (AvgIpc) is 2.61. The SMILES string of the molecule is Fc1ccc(CNc2nccc(NCc3ccc(Cl)cc3)n2)cc1. The molecule has 0 fully saturated rings. The van der Waals surface area contributed by atoms with Crippen LogP contribution in [0.15, 0.2) is 60.8 Å². The molecule has 4 nitrogen and oxygen atoms in total. The molecule has 0 aliphatic carbocycles. The van der Waals surface area contributed by atoms with Crippen LogP contribution in [0.3, 0.4) is 0 Å². The van der Waals surface area contributed by atoms with Gasteiger partial charge in [0, 0.05) is 24.3 Å². The van der Waals surface area contributed by atoms with Crippen LogP contribution in [-0.2, 0) is 13.1 Å². The molecule has 122 valence electrons. The second-order valence-corrected chi connectivity index (χ2v) is 5.66. The van der Waals surface area contributed by atoms with Crippen LogP contribution >= 0.6 is 11.6 Å². The summed E-state index contributed by atoms with van der Waals surface area (Å²) < 4.78 is 12.9. The van der Waals surface area contributed by atoms with E-state index in [1.165, 1.54) is 12.1 Å². The summed E-state index contributed by atoms with van der Waals surface area (Å²) in [5.41, 5.74) is 2.07. The van der Waals surface area contributed by atoms with Crippen LogP contribution in [0.5, 0.6) is 0 Å². The molecule has 0 saturated heterocycles. The molecule has 2 N–H and O–H groups in total. The number of nitrogens with one attached hydrogen (secondary N) is 2. The summed E-state index contributed by atoms with van der Waals surface area (Å²) >= 11 is 5.87. The van der Waals surface area contributed by atoms with Gasteiger partial charge < -0.3 is 10.6 Å². The lowest BCUT2D eigenvalue weighted by Gasteiger charge is -2.09. The Kier molecular flexibility index (Phi) is 5.23. The van der Waals surface area contributed by atoms with Crippen LogP contribution in [0.25, 0.3) is 0 Å². The van der Waals surface area contributed by atoms with E-state index in [4.69, 9.17) is 11.6 Å². The Morgan fingerprint density at radius 1 is 0.833 bits per heavy atom. The zero-order valence-corrected chi connectivity index (χ0v) is 13.6. The highest BCUT2D eigenvalue weighted by atomic mass is 35.5. The Bertz CT molecular complexity index is 726. The number of halogens is 2. The Morgan fingerprint density at radius 2 is 1.46 bits per heavy atom. The first-order valence-corrected chi connectivity index (χ1v) is 7.86. The third kappa shape index (κ3) is 4.67. The number of benzene rings is 2. The van der Waals surface area contributed by atoms with Gasteiger partial charge in [-0.3, -0.25) is 0 Å². The highest BCUT2D eigenvalue weighted by molar-refractivity contribution is 6.30. The summed E-state index contributed by atoms with van der Waals surface area (Å²) in [4.78, 5) is 8.59. The van der Waals surface area contributed by atoms with Gasteiger partial charge in [-0.1, -0.05) is 35.9 Å². The molecule has 0 aliphatic rings. The van der Waals surface area contributed by atoms with Gasteiger partial charge in [0.2, 0.25) is 5.95 Å². The second-order valence-electron chi connectivity index (χ2n) is 5.23. The van der Waals surface area contributed by atoms with E-state index >= 15 is 0 Å². The maximum Gasteiger partial charge on any atom is 0.224 e. The minimum absolute atomic E-state index is 0.247. The molecule has 0 aliphatic heterocycles. The molecule has 1 heterocycles. The molecule has 0 unspecified atom stereocenters. The van der Waals surface area contributed by atoms with Gasteiger partial charge in [-0.2, -0.15) is 4.98 Å². The van der Waals surface area contributed by atoms with E-state index in [0.717, 1.165) is 16.9 Å². The predicted molar refractivity (Wildman–Crippen MR) is 94.5 cm³/mol. The van der Waals surface area contributed by atoms with Crippen LogP contribution in [0.1, 0.15) is 11.1 Å². The van der Waals surface area contributed by atoms with Gasteiger partial charge in [0.15, 0.2) is 0 Å². The minimum atomic E-state index is -0.247. The van der Waals surface area contributed by atoms with Crippen LogP contribution in [0, 0.1) is 5.82 Å². The smallest absolute Gasteiger partial charge is 0.224 e. The standard InChI is InChI=1S/C18H16ClFN4/c19-15-5-1-13(2-6-15)11-22-17-9-10-21-18(24-17)23-12-14-3-7-16(20)8-4-14/h1-10H,11-12H2,(H2,21,22,23,24). The maximum atomic E-state index is 12.9. The van der Waals surface area contributed by atoms with Crippen LogP contribution in [0.4, 0.5) is 16.2 Å². The molecule has 3 aromatic rings. The largest absolute Gasteiger partial charge is 0.366 e. The zero-order chi connectivity index (χ0) is 16.8. The Balaban J connectivity index is 1.57. The molecule has 6 heteroatoms. The van der Waals surface area contributed by atoms with E-state index in [0.29, 0.717) is 24.1 Å². The van der Waals surface area contributed by atoms with Gasteiger partial charge >= 0.3 is 0 Å². The van der Waals surface area contributed by atoms with Crippen LogP contribution in [-0.4, -0.2) is 9.97 Å². The van der Waals surface area contributed by atoms with E-state index in [1.54, 1.807) is 24.4 Å². The van der Waals surface area contributed by atoms with Gasteiger partial charge in [-0.15, -0.1) is 0 Å². The zero-order valence-electron chi connectivity index (χ0n) is 12.8. The van der Waals surface area contributed by atoms with Crippen molar-refractivity contribution in [2.45, 2.75) is 13.1 Å². The van der Waals surface area contributed by atoms with Crippen molar-refractivity contribution in [3.8, 4) is 0 Å². The predicted octanol–water partition coefficient (Wildman–Crippen LogP) is 4.49. The molecule has 1 aromatic heterocycles.